The van der Waals surface area contributed by atoms with Gasteiger partial charge >= 0.3 is 0 Å². The summed E-state index contributed by atoms with van der Waals surface area (Å²) >= 11 is 3.45. The third kappa shape index (κ3) is 2.27. The molecule has 3 aromatic rings. The average Bonchev–Trinajstić information content (AvgIpc) is 2.86. The lowest BCUT2D eigenvalue weighted by atomic mass is 10.1. The first-order valence-corrected chi connectivity index (χ1v) is 7.00. The highest BCUT2D eigenvalue weighted by atomic mass is 79.9. The Morgan fingerprint density at radius 2 is 2.05 bits per heavy atom. The quantitative estimate of drug-likeness (QED) is 0.680. The van der Waals surface area contributed by atoms with Crippen molar-refractivity contribution in [3.05, 3.63) is 70.1 Å². The van der Waals surface area contributed by atoms with E-state index in [1.165, 1.54) is 18.3 Å². The van der Waals surface area contributed by atoms with Crippen molar-refractivity contribution in [1.29, 1.82) is 5.41 Å². The fraction of sp³-hybridized carbons (Fsp3) is 0.0625. The summed E-state index contributed by atoms with van der Waals surface area (Å²) in [5.41, 5.74) is 2.82. The molecule has 2 aromatic carbocycles. The van der Waals surface area contributed by atoms with Crippen molar-refractivity contribution in [3.8, 4) is 0 Å². The van der Waals surface area contributed by atoms with Crippen LogP contribution in [0.25, 0.3) is 10.9 Å². The van der Waals surface area contributed by atoms with Crippen LogP contribution in [0.1, 0.15) is 11.1 Å². The fourth-order valence-electron chi connectivity index (χ4n) is 2.36. The van der Waals surface area contributed by atoms with Crippen LogP contribution in [0.2, 0.25) is 0 Å². The first kappa shape index (κ1) is 13.1. The van der Waals surface area contributed by atoms with Gasteiger partial charge in [-0.25, -0.2) is 4.39 Å². The molecule has 4 heteroatoms. The molecule has 0 spiro atoms. The largest absolute Gasteiger partial charge is 0.343 e. The van der Waals surface area contributed by atoms with E-state index in [0.29, 0.717) is 6.54 Å². The van der Waals surface area contributed by atoms with Crippen LogP contribution in [0.15, 0.2) is 53.1 Å². The van der Waals surface area contributed by atoms with Crippen LogP contribution in [-0.4, -0.2) is 10.8 Å². The van der Waals surface area contributed by atoms with E-state index in [2.05, 4.69) is 20.5 Å². The first-order valence-electron chi connectivity index (χ1n) is 6.21. The number of halogens is 2. The number of aromatic nitrogens is 1. The molecular formula is C16H12BrFN2. The molecule has 0 unspecified atom stereocenters. The summed E-state index contributed by atoms with van der Waals surface area (Å²) < 4.78 is 16.3. The maximum absolute atomic E-state index is 13.3. The second kappa shape index (κ2) is 5.21. The van der Waals surface area contributed by atoms with E-state index in [4.69, 9.17) is 5.41 Å². The van der Waals surface area contributed by atoms with Gasteiger partial charge in [-0.3, -0.25) is 0 Å². The Kier molecular flexibility index (Phi) is 3.40. The number of rotatable bonds is 3. The molecule has 0 atom stereocenters. The van der Waals surface area contributed by atoms with E-state index in [9.17, 15) is 4.39 Å². The Labute approximate surface area is 124 Å². The van der Waals surface area contributed by atoms with Crippen LogP contribution in [0.3, 0.4) is 0 Å². The molecule has 0 radical (unpaired) electrons. The second-order valence-electron chi connectivity index (χ2n) is 4.60. The molecule has 20 heavy (non-hydrogen) atoms. The maximum Gasteiger partial charge on any atom is 0.123 e. The normalized spacial score (nSPS) is 10.9. The predicted molar refractivity (Wildman–Crippen MR) is 83.0 cm³/mol. The van der Waals surface area contributed by atoms with Gasteiger partial charge in [-0.1, -0.05) is 28.1 Å². The van der Waals surface area contributed by atoms with Gasteiger partial charge in [0.1, 0.15) is 5.82 Å². The molecule has 2 nitrogen and oxygen atoms in total. The Hall–Kier alpha value is -1.94. The summed E-state index contributed by atoms with van der Waals surface area (Å²) in [6.45, 7) is 0.587. The average molecular weight is 331 g/mol. The van der Waals surface area contributed by atoms with Crippen LogP contribution in [-0.2, 0) is 6.54 Å². The fourth-order valence-corrected chi connectivity index (χ4v) is 2.73. The summed E-state index contributed by atoms with van der Waals surface area (Å²) in [7, 11) is 0. The lowest BCUT2D eigenvalue weighted by Gasteiger charge is -2.08. The summed E-state index contributed by atoms with van der Waals surface area (Å²) in [6.07, 6.45) is 3.32. The summed E-state index contributed by atoms with van der Waals surface area (Å²) in [4.78, 5) is 0. The Balaban J connectivity index is 2.07. The molecule has 0 aliphatic carbocycles. The lowest BCUT2D eigenvalue weighted by Crippen LogP contribution is -1.99. The molecular weight excluding hydrogens is 319 g/mol. The molecule has 0 fully saturated rings. The summed E-state index contributed by atoms with van der Waals surface area (Å²) in [5.74, 6) is -0.236. The van der Waals surface area contributed by atoms with Gasteiger partial charge in [-0.2, -0.15) is 0 Å². The molecule has 100 valence electrons. The van der Waals surface area contributed by atoms with Crippen molar-refractivity contribution in [1.82, 2.24) is 4.57 Å². The molecule has 0 bridgehead atoms. The van der Waals surface area contributed by atoms with Crippen LogP contribution < -0.4 is 0 Å². The van der Waals surface area contributed by atoms with Gasteiger partial charge in [0.25, 0.3) is 0 Å². The van der Waals surface area contributed by atoms with E-state index < -0.39 is 0 Å². The van der Waals surface area contributed by atoms with Crippen LogP contribution in [0.4, 0.5) is 4.39 Å². The van der Waals surface area contributed by atoms with Crippen molar-refractivity contribution in [2.45, 2.75) is 6.54 Å². The monoisotopic (exact) mass is 330 g/mol. The molecule has 0 aliphatic rings. The van der Waals surface area contributed by atoms with Gasteiger partial charge in [0, 0.05) is 39.9 Å². The molecule has 1 N–H and O–H groups in total. The zero-order chi connectivity index (χ0) is 14.1. The standard InChI is InChI=1S/C16H12BrFN2/c17-15-5-4-13(18)8-12(15)10-20-7-6-14-11(9-19)2-1-3-16(14)20/h1-9,19H,10H2. The van der Waals surface area contributed by atoms with Crippen LogP contribution >= 0.6 is 15.9 Å². The SMILES string of the molecule is N=Cc1cccc2c1ccn2Cc1cc(F)ccc1Br. The molecule has 0 aliphatic heterocycles. The van der Waals surface area contributed by atoms with Crippen LogP contribution in [0, 0.1) is 11.2 Å². The van der Waals surface area contributed by atoms with E-state index in [1.54, 1.807) is 6.07 Å². The van der Waals surface area contributed by atoms with Crippen molar-refractivity contribution in [3.63, 3.8) is 0 Å². The number of hydrogen-bond donors (Lipinski definition) is 1. The summed E-state index contributed by atoms with van der Waals surface area (Å²) in [6, 6.07) is 12.5. The number of nitrogens with zero attached hydrogens (tertiary/aromatic N) is 1. The van der Waals surface area contributed by atoms with Crippen molar-refractivity contribution >= 4 is 33.0 Å². The van der Waals surface area contributed by atoms with E-state index in [1.807, 2.05) is 30.5 Å². The highest BCUT2D eigenvalue weighted by molar-refractivity contribution is 9.10. The predicted octanol–water partition coefficient (Wildman–Crippen LogP) is 4.59. The van der Waals surface area contributed by atoms with Gasteiger partial charge in [0.05, 0.1) is 0 Å². The highest BCUT2D eigenvalue weighted by Crippen LogP contribution is 2.23. The van der Waals surface area contributed by atoms with Crippen LogP contribution in [0.5, 0.6) is 0 Å². The minimum absolute atomic E-state index is 0.236. The van der Waals surface area contributed by atoms with Gasteiger partial charge in [-0.15, -0.1) is 0 Å². The number of hydrogen-bond acceptors (Lipinski definition) is 1. The Morgan fingerprint density at radius 1 is 1.20 bits per heavy atom. The molecule has 0 amide bonds. The maximum atomic E-state index is 13.3. The second-order valence-corrected chi connectivity index (χ2v) is 5.46. The topological polar surface area (TPSA) is 28.8 Å². The van der Waals surface area contributed by atoms with Gasteiger partial charge in [0.2, 0.25) is 0 Å². The molecule has 0 saturated carbocycles. The number of benzene rings is 2. The van der Waals surface area contributed by atoms with Gasteiger partial charge < -0.3 is 9.98 Å². The molecule has 1 aromatic heterocycles. The third-order valence-electron chi connectivity index (χ3n) is 3.35. The minimum Gasteiger partial charge on any atom is -0.343 e. The first-order chi connectivity index (χ1) is 9.69. The molecule has 3 rings (SSSR count). The zero-order valence-corrected chi connectivity index (χ0v) is 12.2. The molecule has 1 heterocycles. The number of nitrogens with one attached hydrogen (secondary N) is 1. The zero-order valence-electron chi connectivity index (χ0n) is 10.6. The Morgan fingerprint density at radius 3 is 2.85 bits per heavy atom. The van der Waals surface area contributed by atoms with Crippen molar-refractivity contribution in [2.75, 3.05) is 0 Å². The number of fused-ring (bicyclic) bond motifs is 1. The lowest BCUT2D eigenvalue weighted by molar-refractivity contribution is 0.623. The third-order valence-corrected chi connectivity index (χ3v) is 4.12. The van der Waals surface area contributed by atoms with Gasteiger partial charge in [0.15, 0.2) is 0 Å². The van der Waals surface area contributed by atoms with E-state index >= 15 is 0 Å². The summed E-state index contributed by atoms with van der Waals surface area (Å²) in [5, 5.41) is 8.46. The van der Waals surface area contributed by atoms with E-state index in [-0.39, 0.29) is 5.82 Å². The van der Waals surface area contributed by atoms with Crippen molar-refractivity contribution in [2.24, 2.45) is 0 Å². The Bertz CT molecular complexity index is 792. The minimum atomic E-state index is -0.236. The smallest absolute Gasteiger partial charge is 0.123 e. The van der Waals surface area contributed by atoms with E-state index in [0.717, 1.165) is 26.5 Å². The highest BCUT2D eigenvalue weighted by Gasteiger charge is 2.07. The molecule has 0 saturated heterocycles. The van der Waals surface area contributed by atoms with Crippen molar-refractivity contribution < 1.29 is 4.39 Å². The van der Waals surface area contributed by atoms with Gasteiger partial charge in [-0.05, 0) is 35.9 Å².